The van der Waals surface area contributed by atoms with Crippen LogP contribution >= 0.6 is 11.8 Å². The number of piperidine rings is 1. The van der Waals surface area contributed by atoms with Crippen molar-refractivity contribution in [1.29, 1.82) is 0 Å². The minimum absolute atomic E-state index is 0.207. The van der Waals surface area contributed by atoms with Crippen molar-refractivity contribution in [2.45, 2.75) is 56.2 Å². The molecule has 1 aromatic heterocycles. The van der Waals surface area contributed by atoms with Crippen LogP contribution in [0, 0.1) is 0 Å². The van der Waals surface area contributed by atoms with Crippen LogP contribution in [0.2, 0.25) is 0 Å². The Bertz CT molecular complexity index is 1250. The maximum absolute atomic E-state index is 12.5. The van der Waals surface area contributed by atoms with Gasteiger partial charge in [0.25, 0.3) is 5.91 Å². The first kappa shape index (κ1) is 27.3. The smallest absolute Gasteiger partial charge is 0.410 e. The second-order valence-corrected chi connectivity index (χ2v) is 11.1. The van der Waals surface area contributed by atoms with Gasteiger partial charge in [0.1, 0.15) is 11.4 Å². The standard InChI is InChI=1S/C28H34N6O3S/c1-28(2,3)37-27(36)34-16-13-21(14-17-34)31-24-12-15-30-26(33-24)38-18-19-8-10-20(11-9-19)25(35)32-23-7-5-4-6-22(23)29/h4-12,15,21H,13-14,16-18,29H2,1-3H3,(H,32,35)(H,30,31,33). The molecule has 2 heterocycles. The van der Waals surface area contributed by atoms with Crippen molar-refractivity contribution in [3.05, 3.63) is 71.9 Å². The molecule has 4 rings (SSSR count). The van der Waals surface area contributed by atoms with E-state index in [-0.39, 0.29) is 18.0 Å². The van der Waals surface area contributed by atoms with E-state index in [9.17, 15) is 9.59 Å². The number of ether oxygens (including phenoxy) is 1. The van der Waals surface area contributed by atoms with Gasteiger partial charge in [-0.25, -0.2) is 14.8 Å². The monoisotopic (exact) mass is 534 g/mol. The minimum atomic E-state index is -0.491. The van der Waals surface area contributed by atoms with Crippen molar-refractivity contribution in [2.75, 3.05) is 29.5 Å². The number of amides is 2. The second-order valence-electron chi connectivity index (χ2n) is 10.1. The highest BCUT2D eigenvalue weighted by molar-refractivity contribution is 7.98. The summed E-state index contributed by atoms with van der Waals surface area (Å²) < 4.78 is 5.48. The molecule has 1 saturated heterocycles. The van der Waals surface area contributed by atoms with Gasteiger partial charge in [-0.3, -0.25) is 4.79 Å². The van der Waals surface area contributed by atoms with Crippen molar-refractivity contribution in [2.24, 2.45) is 0 Å². The number of likely N-dealkylation sites (tertiary alicyclic amines) is 1. The van der Waals surface area contributed by atoms with E-state index in [1.54, 1.807) is 35.4 Å². The number of aromatic nitrogens is 2. The number of thioether (sulfide) groups is 1. The number of hydrogen-bond acceptors (Lipinski definition) is 8. The highest BCUT2D eigenvalue weighted by Crippen LogP contribution is 2.23. The summed E-state index contributed by atoms with van der Waals surface area (Å²) in [5, 5.41) is 6.98. The number of carbonyl (C=O) groups excluding carboxylic acids is 2. The van der Waals surface area contributed by atoms with E-state index in [0.29, 0.717) is 40.9 Å². The quantitative estimate of drug-likeness (QED) is 0.209. The number of hydrogen-bond donors (Lipinski definition) is 3. The SMILES string of the molecule is CC(C)(C)OC(=O)N1CCC(Nc2ccnc(SCc3ccc(C(=O)Nc4ccccc4N)cc3)n2)CC1. The molecular weight excluding hydrogens is 500 g/mol. The lowest BCUT2D eigenvalue weighted by Gasteiger charge is -2.33. The third-order valence-corrected chi connectivity index (χ3v) is 6.86. The Labute approximate surface area is 227 Å². The van der Waals surface area contributed by atoms with E-state index in [4.69, 9.17) is 10.5 Å². The van der Waals surface area contributed by atoms with Gasteiger partial charge >= 0.3 is 6.09 Å². The normalized spacial score (nSPS) is 14.1. The molecule has 2 aromatic carbocycles. The van der Waals surface area contributed by atoms with Crippen LogP contribution in [-0.4, -0.2) is 51.6 Å². The fourth-order valence-corrected chi connectivity index (χ4v) is 4.72. The van der Waals surface area contributed by atoms with E-state index in [1.807, 2.05) is 51.1 Å². The Hall–Kier alpha value is -3.79. The fraction of sp³-hybridized carbons (Fsp3) is 0.357. The summed E-state index contributed by atoms with van der Waals surface area (Å²) in [5.74, 6) is 1.23. The van der Waals surface area contributed by atoms with Crippen LogP contribution in [0.15, 0.2) is 66.0 Å². The number of nitrogens with two attached hydrogens (primary N) is 1. The zero-order valence-corrected chi connectivity index (χ0v) is 22.8. The molecule has 0 aliphatic carbocycles. The Morgan fingerprint density at radius 3 is 2.47 bits per heavy atom. The van der Waals surface area contributed by atoms with Crippen molar-refractivity contribution < 1.29 is 14.3 Å². The number of nitrogens with one attached hydrogen (secondary N) is 2. The highest BCUT2D eigenvalue weighted by Gasteiger charge is 2.27. The maximum atomic E-state index is 12.5. The van der Waals surface area contributed by atoms with Gasteiger partial charge in [-0.1, -0.05) is 36.0 Å². The van der Waals surface area contributed by atoms with Gasteiger partial charge in [0, 0.05) is 36.6 Å². The van der Waals surface area contributed by atoms with Crippen molar-refractivity contribution in [1.82, 2.24) is 14.9 Å². The highest BCUT2D eigenvalue weighted by atomic mass is 32.2. The Morgan fingerprint density at radius 2 is 1.79 bits per heavy atom. The summed E-state index contributed by atoms with van der Waals surface area (Å²) in [4.78, 5) is 35.6. The summed E-state index contributed by atoms with van der Waals surface area (Å²) in [5.41, 5.74) is 8.15. The molecule has 0 unspecified atom stereocenters. The Balaban J connectivity index is 1.25. The number of para-hydroxylation sites is 2. The van der Waals surface area contributed by atoms with Crippen LogP contribution in [0.5, 0.6) is 0 Å². The number of nitrogen functional groups attached to an aromatic ring is 1. The lowest BCUT2D eigenvalue weighted by molar-refractivity contribution is 0.0210. The van der Waals surface area contributed by atoms with E-state index < -0.39 is 5.60 Å². The summed E-state index contributed by atoms with van der Waals surface area (Å²) >= 11 is 1.53. The summed E-state index contributed by atoms with van der Waals surface area (Å²) in [6, 6.07) is 16.7. The Kier molecular flexibility index (Phi) is 8.73. The number of carbonyl (C=O) groups is 2. The molecule has 200 valence electrons. The average Bonchev–Trinajstić information content (AvgIpc) is 2.89. The lowest BCUT2D eigenvalue weighted by Crippen LogP contribution is -2.44. The van der Waals surface area contributed by atoms with Gasteiger partial charge in [0.15, 0.2) is 5.16 Å². The topological polar surface area (TPSA) is 122 Å². The van der Waals surface area contributed by atoms with E-state index in [1.165, 1.54) is 11.8 Å². The van der Waals surface area contributed by atoms with E-state index in [0.717, 1.165) is 24.2 Å². The summed E-state index contributed by atoms with van der Waals surface area (Å²) in [6.07, 6.45) is 3.13. The number of nitrogens with zero attached hydrogens (tertiary/aromatic N) is 3. The molecule has 0 saturated carbocycles. The van der Waals surface area contributed by atoms with Crippen LogP contribution in [0.1, 0.15) is 49.5 Å². The predicted molar refractivity (Wildman–Crippen MR) is 151 cm³/mol. The second kappa shape index (κ2) is 12.2. The first-order chi connectivity index (χ1) is 18.2. The van der Waals surface area contributed by atoms with Crippen LogP contribution in [0.3, 0.4) is 0 Å². The molecule has 10 heteroatoms. The predicted octanol–water partition coefficient (Wildman–Crippen LogP) is 5.41. The molecule has 1 aliphatic heterocycles. The van der Waals surface area contributed by atoms with Crippen LogP contribution in [0.4, 0.5) is 22.0 Å². The average molecular weight is 535 g/mol. The van der Waals surface area contributed by atoms with Gasteiger partial charge in [-0.2, -0.15) is 0 Å². The van der Waals surface area contributed by atoms with Gasteiger partial charge < -0.3 is 26.0 Å². The molecule has 0 bridgehead atoms. The molecule has 1 aliphatic rings. The molecule has 2 amide bonds. The summed E-state index contributed by atoms with van der Waals surface area (Å²) in [6.45, 7) is 6.92. The number of benzene rings is 2. The molecular formula is C28H34N6O3S. The molecule has 0 radical (unpaired) electrons. The van der Waals surface area contributed by atoms with Crippen LogP contribution in [-0.2, 0) is 10.5 Å². The molecule has 4 N–H and O–H groups in total. The zero-order valence-electron chi connectivity index (χ0n) is 21.9. The Morgan fingerprint density at radius 1 is 1.08 bits per heavy atom. The van der Waals surface area contributed by atoms with Crippen LogP contribution in [0.25, 0.3) is 0 Å². The van der Waals surface area contributed by atoms with Gasteiger partial charge in [0.2, 0.25) is 0 Å². The van der Waals surface area contributed by atoms with Gasteiger partial charge in [0.05, 0.1) is 11.4 Å². The third-order valence-electron chi connectivity index (χ3n) is 5.93. The van der Waals surface area contributed by atoms with Gasteiger partial charge in [-0.15, -0.1) is 0 Å². The molecule has 0 atom stereocenters. The fourth-order valence-electron chi connectivity index (χ4n) is 3.94. The zero-order chi connectivity index (χ0) is 27.1. The minimum Gasteiger partial charge on any atom is -0.444 e. The molecule has 1 fully saturated rings. The van der Waals surface area contributed by atoms with E-state index in [2.05, 4.69) is 20.6 Å². The molecule has 38 heavy (non-hydrogen) atoms. The van der Waals surface area contributed by atoms with Crippen molar-refractivity contribution in [3.8, 4) is 0 Å². The van der Waals surface area contributed by atoms with E-state index >= 15 is 0 Å². The lowest BCUT2D eigenvalue weighted by atomic mass is 10.1. The number of rotatable bonds is 7. The van der Waals surface area contributed by atoms with Crippen molar-refractivity contribution >= 4 is 41.0 Å². The first-order valence-electron chi connectivity index (χ1n) is 12.6. The van der Waals surface area contributed by atoms with Crippen molar-refractivity contribution in [3.63, 3.8) is 0 Å². The third kappa shape index (κ3) is 7.85. The largest absolute Gasteiger partial charge is 0.444 e. The summed E-state index contributed by atoms with van der Waals surface area (Å²) in [7, 11) is 0. The van der Waals surface area contributed by atoms with Crippen LogP contribution < -0.4 is 16.4 Å². The van der Waals surface area contributed by atoms with Gasteiger partial charge in [-0.05, 0) is 69.5 Å². The number of anilines is 3. The molecule has 3 aromatic rings. The molecule has 0 spiro atoms. The maximum Gasteiger partial charge on any atom is 0.410 e. The first-order valence-corrected chi connectivity index (χ1v) is 13.6. The molecule has 9 nitrogen and oxygen atoms in total.